The largest absolute Gasteiger partial charge is 0.394 e. The third kappa shape index (κ3) is 2.73. The standard InChI is InChI=1S/C13H21F3N2O/c1-12(2)10(13(14,15)16)5-7-18(12)11(19)9-4-3-6-17-8-9/h9-10,17H,3-8H2,1-2H3/t9-,10?/m1/s1. The molecular weight excluding hydrogens is 257 g/mol. The minimum absolute atomic E-state index is 0.0163. The molecule has 0 spiro atoms. The van der Waals surface area contributed by atoms with Crippen molar-refractivity contribution in [3.63, 3.8) is 0 Å². The summed E-state index contributed by atoms with van der Waals surface area (Å²) in [6.45, 7) is 4.76. The molecule has 0 aromatic rings. The first-order valence-corrected chi connectivity index (χ1v) is 6.83. The zero-order chi connectivity index (χ0) is 14.3. The summed E-state index contributed by atoms with van der Waals surface area (Å²) in [5.41, 5.74) is -1.13. The molecule has 110 valence electrons. The van der Waals surface area contributed by atoms with Gasteiger partial charge in [-0.1, -0.05) is 0 Å². The van der Waals surface area contributed by atoms with Crippen LogP contribution in [0.15, 0.2) is 0 Å². The summed E-state index contributed by atoms with van der Waals surface area (Å²) in [5.74, 6) is -1.70. The smallest absolute Gasteiger partial charge is 0.337 e. The molecule has 2 fully saturated rings. The average Bonchev–Trinajstić information content (AvgIpc) is 2.64. The molecule has 0 radical (unpaired) electrons. The Balaban J connectivity index is 2.11. The molecule has 0 aliphatic carbocycles. The molecule has 2 aliphatic rings. The summed E-state index contributed by atoms with van der Waals surface area (Å²) < 4.78 is 39.0. The van der Waals surface area contributed by atoms with E-state index in [0.717, 1.165) is 19.4 Å². The van der Waals surface area contributed by atoms with Crippen molar-refractivity contribution in [2.24, 2.45) is 11.8 Å². The van der Waals surface area contributed by atoms with Gasteiger partial charge in [-0.25, -0.2) is 0 Å². The molecule has 2 heterocycles. The highest BCUT2D eigenvalue weighted by Gasteiger charge is 2.56. The van der Waals surface area contributed by atoms with Crippen LogP contribution in [0.3, 0.4) is 0 Å². The molecule has 1 N–H and O–H groups in total. The van der Waals surface area contributed by atoms with E-state index >= 15 is 0 Å². The van der Waals surface area contributed by atoms with Crippen LogP contribution in [0.5, 0.6) is 0 Å². The predicted molar refractivity (Wildman–Crippen MR) is 65.5 cm³/mol. The molecule has 2 atom stereocenters. The Kier molecular flexibility index (Phi) is 3.82. The molecule has 6 heteroatoms. The molecule has 2 rings (SSSR count). The van der Waals surface area contributed by atoms with Crippen molar-refractivity contribution in [3.05, 3.63) is 0 Å². The van der Waals surface area contributed by atoms with Gasteiger partial charge in [-0.3, -0.25) is 4.79 Å². The Hall–Kier alpha value is -0.780. The quantitative estimate of drug-likeness (QED) is 0.797. The summed E-state index contributed by atoms with van der Waals surface area (Å²) in [6.07, 6.45) is -2.53. The van der Waals surface area contributed by atoms with Crippen molar-refractivity contribution in [2.75, 3.05) is 19.6 Å². The van der Waals surface area contributed by atoms with Crippen LogP contribution in [0.25, 0.3) is 0 Å². The Morgan fingerprint density at radius 2 is 2.00 bits per heavy atom. The fourth-order valence-electron chi connectivity index (χ4n) is 3.33. The molecule has 0 bridgehead atoms. The lowest BCUT2D eigenvalue weighted by Gasteiger charge is -2.39. The summed E-state index contributed by atoms with van der Waals surface area (Å²) in [7, 11) is 0. The van der Waals surface area contributed by atoms with Gasteiger partial charge in [-0.05, 0) is 39.7 Å². The molecule has 0 aromatic carbocycles. The van der Waals surface area contributed by atoms with Gasteiger partial charge >= 0.3 is 6.18 Å². The van der Waals surface area contributed by atoms with Crippen molar-refractivity contribution in [1.29, 1.82) is 0 Å². The third-order valence-electron chi connectivity index (χ3n) is 4.50. The topological polar surface area (TPSA) is 32.3 Å². The number of hydrogen-bond acceptors (Lipinski definition) is 2. The van der Waals surface area contributed by atoms with E-state index in [0.29, 0.717) is 6.54 Å². The second-order valence-corrected chi connectivity index (χ2v) is 6.07. The maximum atomic E-state index is 13.0. The van der Waals surface area contributed by atoms with Crippen LogP contribution in [0.4, 0.5) is 13.2 Å². The first kappa shape index (κ1) is 14.6. The minimum atomic E-state index is -4.23. The first-order valence-electron chi connectivity index (χ1n) is 6.83. The SMILES string of the molecule is CC1(C)C(C(F)(F)F)CCN1C(=O)[C@@H]1CCCNC1. The summed E-state index contributed by atoms with van der Waals surface area (Å²) in [4.78, 5) is 13.9. The minimum Gasteiger partial charge on any atom is -0.337 e. The van der Waals surface area contributed by atoms with Crippen LogP contribution >= 0.6 is 0 Å². The number of hydrogen-bond donors (Lipinski definition) is 1. The third-order valence-corrected chi connectivity index (χ3v) is 4.50. The Morgan fingerprint density at radius 3 is 2.47 bits per heavy atom. The fraction of sp³-hybridized carbons (Fsp3) is 0.923. The first-order chi connectivity index (χ1) is 8.74. The lowest BCUT2D eigenvalue weighted by Crippen LogP contribution is -2.53. The molecule has 2 aliphatic heterocycles. The number of piperidine rings is 1. The number of halogens is 3. The number of nitrogens with zero attached hydrogens (tertiary/aromatic N) is 1. The van der Waals surface area contributed by atoms with Gasteiger partial charge in [0.1, 0.15) is 0 Å². The number of amides is 1. The van der Waals surface area contributed by atoms with Gasteiger partial charge in [0, 0.05) is 18.6 Å². The molecular formula is C13H21F3N2O. The molecule has 0 saturated carbocycles. The summed E-state index contributed by atoms with van der Waals surface area (Å²) >= 11 is 0. The zero-order valence-electron chi connectivity index (χ0n) is 11.4. The van der Waals surface area contributed by atoms with Gasteiger partial charge < -0.3 is 10.2 Å². The highest BCUT2D eigenvalue weighted by Crippen LogP contribution is 2.45. The maximum absolute atomic E-state index is 13.0. The highest BCUT2D eigenvalue weighted by molar-refractivity contribution is 5.80. The molecule has 0 aromatic heterocycles. The summed E-state index contributed by atoms with van der Waals surface area (Å²) in [6, 6.07) is 0. The van der Waals surface area contributed by atoms with Crippen LogP contribution in [0.2, 0.25) is 0 Å². The van der Waals surface area contributed by atoms with Gasteiger partial charge in [-0.15, -0.1) is 0 Å². The van der Waals surface area contributed by atoms with E-state index in [9.17, 15) is 18.0 Å². The average molecular weight is 278 g/mol. The lowest BCUT2D eigenvalue weighted by molar-refractivity contribution is -0.192. The van der Waals surface area contributed by atoms with Crippen LogP contribution < -0.4 is 5.32 Å². The number of likely N-dealkylation sites (tertiary alicyclic amines) is 1. The lowest BCUT2D eigenvalue weighted by atomic mass is 9.87. The number of nitrogens with one attached hydrogen (secondary N) is 1. The fourth-order valence-corrected chi connectivity index (χ4v) is 3.33. The molecule has 1 amide bonds. The van der Waals surface area contributed by atoms with Crippen LogP contribution in [-0.4, -0.2) is 42.2 Å². The van der Waals surface area contributed by atoms with Gasteiger partial charge in [0.15, 0.2) is 0 Å². The Bertz CT molecular complexity index is 348. The number of rotatable bonds is 1. The van der Waals surface area contributed by atoms with E-state index in [4.69, 9.17) is 0 Å². The Labute approximate surface area is 111 Å². The maximum Gasteiger partial charge on any atom is 0.394 e. The second kappa shape index (κ2) is 4.96. The van der Waals surface area contributed by atoms with Gasteiger partial charge in [-0.2, -0.15) is 13.2 Å². The van der Waals surface area contributed by atoms with Crippen molar-refractivity contribution in [1.82, 2.24) is 10.2 Å². The number of carbonyl (C=O) groups excluding carboxylic acids is 1. The van der Waals surface area contributed by atoms with Crippen LogP contribution in [0.1, 0.15) is 33.1 Å². The van der Waals surface area contributed by atoms with Crippen molar-refractivity contribution in [2.45, 2.75) is 44.8 Å². The van der Waals surface area contributed by atoms with Crippen molar-refractivity contribution < 1.29 is 18.0 Å². The Morgan fingerprint density at radius 1 is 1.32 bits per heavy atom. The number of alkyl halides is 3. The van der Waals surface area contributed by atoms with Gasteiger partial charge in [0.05, 0.1) is 11.8 Å². The summed E-state index contributed by atoms with van der Waals surface area (Å²) in [5, 5.41) is 3.14. The molecule has 1 unspecified atom stereocenters. The number of carbonyl (C=O) groups is 1. The second-order valence-electron chi connectivity index (χ2n) is 6.07. The van der Waals surface area contributed by atoms with Crippen LogP contribution in [-0.2, 0) is 4.79 Å². The van der Waals surface area contributed by atoms with Crippen molar-refractivity contribution in [3.8, 4) is 0 Å². The van der Waals surface area contributed by atoms with E-state index in [1.54, 1.807) is 0 Å². The van der Waals surface area contributed by atoms with E-state index in [2.05, 4.69) is 5.32 Å². The highest BCUT2D eigenvalue weighted by atomic mass is 19.4. The van der Waals surface area contributed by atoms with Crippen molar-refractivity contribution >= 4 is 5.91 Å². The van der Waals surface area contributed by atoms with E-state index in [-0.39, 0.29) is 24.8 Å². The van der Waals surface area contributed by atoms with E-state index in [1.807, 2.05) is 0 Å². The molecule has 3 nitrogen and oxygen atoms in total. The molecule has 2 saturated heterocycles. The molecule has 19 heavy (non-hydrogen) atoms. The zero-order valence-corrected chi connectivity index (χ0v) is 11.4. The normalized spacial score (nSPS) is 31.5. The van der Waals surface area contributed by atoms with E-state index in [1.165, 1.54) is 18.7 Å². The van der Waals surface area contributed by atoms with Crippen LogP contribution in [0, 0.1) is 11.8 Å². The van der Waals surface area contributed by atoms with Gasteiger partial charge in [0.2, 0.25) is 5.91 Å². The van der Waals surface area contributed by atoms with E-state index < -0.39 is 17.6 Å². The van der Waals surface area contributed by atoms with Gasteiger partial charge in [0.25, 0.3) is 0 Å². The monoisotopic (exact) mass is 278 g/mol. The predicted octanol–water partition coefficient (Wildman–Crippen LogP) is 2.18.